The molecule has 0 amide bonds. The summed E-state index contributed by atoms with van der Waals surface area (Å²) in [5.74, 6) is 0.781. The SMILES string of the molecule is CCCCn1c(=O)[nH]c(=O)c2c1nc(CN(C)Cc1csc(C)n1)n2CC. The fourth-order valence-electron chi connectivity index (χ4n) is 3.26. The van der Waals surface area contributed by atoms with Gasteiger partial charge in [-0.15, -0.1) is 11.3 Å². The highest BCUT2D eigenvalue weighted by Crippen LogP contribution is 2.15. The van der Waals surface area contributed by atoms with Crippen LogP contribution in [0.4, 0.5) is 0 Å². The van der Waals surface area contributed by atoms with E-state index in [-0.39, 0.29) is 11.2 Å². The van der Waals surface area contributed by atoms with Crippen LogP contribution in [0.5, 0.6) is 0 Å². The van der Waals surface area contributed by atoms with Gasteiger partial charge in [0.2, 0.25) is 0 Å². The number of nitrogens with zero attached hydrogens (tertiary/aromatic N) is 5. The van der Waals surface area contributed by atoms with E-state index >= 15 is 0 Å². The molecule has 146 valence electrons. The van der Waals surface area contributed by atoms with Crippen molar-refractivity contribution in [1.82, 2.24) is 29.0 Å². The van der Waals surface area contributed by atoms with Crippen LogP contribution in [0.15, 0.2) is 15.0 Å². The average Bonchev–Trinajstić information content (AvgIpc) is 3.18. The normalized spacial score (nSPS) is 11.7. The van der Waals surface area contributed by atoms with Gasteiger partial charge in [0.1, 0.15) is 5.82 Å². The fourth-order valence-corrected chi connectivity index (χ4v) is 3.86. The van der Waals surface area contributed by atoms with Crippen LogP contribution >= 0.6 is 11.3 Å². The Morgan fingerprint density at radius 2 is 1.96 bits per heavy atom. The molecule has 0 fully saturated rings. The Morgan fingerprint density at radius 1 is 1.19 bits per heavy atom. The summed E-state index contributed by atoms with van der Waals surface area (Å²) in [4.78, 5) is 38.5. The van der Waals surface area contributed by atoms with Crippen molar-refractivity contribution in [3.8, 4) is 0 Å². The quantitative estimate of drug-likeness (QED) is 0.636. The van der Waals surface area contributed by atoms with E-state index in [9.17, 15) is 9.59 Å². The highest BCUT2D eigenvalue weighted by Gasteiger charge is 2.18. The zero-order chi connectivity index (χ0) is 19.6. The van der Waals surface area contributed by atoms with Crippen LogP contribution < -0.4 is 11.2 Å². The molecule has 3 heterocycles. The standard InChI is InChI=1S/C18H26N6O2S/c1-5-7-8-24-16-15(17(25)21-18(24)26)23(6-2)14(20-16)10-22(4)9-13-11-27-12(3)19-13/h11H,5-10H2,1-4H3,(H,21,25,26). The number of imidazole rings is 1. The summed E-state index contributed by atoms with van der Waals surface area (Å²) in [5.41, 5.74) is 1.21. The molecule has 0 radical (unpaired) electrons. The highest BCUT2D eigenvalue weighted by molar-refractivity contribution is 7.09. The van der Waals surface area contributed by atoms with E-state index in [0.717, 1.165) is 29.4 Å². The summed E-state index contributed by atoms with van der Waals surface area (Å²) in [6, 6.07) is 0. The molecule has 9 heteroatoms. The number of aromatic nitrogens is 5. The molecule has 0 aliphatic heterocycles. The monoisotopic (exact) mass is 390 g/mol. The second-order valence-electron chi connectivity index (χ2n) is 6.74. The third-order valence-electron chi connectivity index (χ3n) is 4.53. The van der Waals surface area contributed by atoms with Gasteiger partial charge < -0.3 is 4.57 Å². The maximum absolute atomic E-state index is 12.4. The van der Waals surface area contributed by atoms with Gasteiger partial charge in [-0.25, -0.2) is 14.8 Å². The molecule has 3 aromatic heterocycles. The Bertz CT molecular complexity index is 1040. The molecule has 0 spiro atoms. The predicted molar refractivity (Wildman–Crippen MR) is 107 cm³/mol. The molecule has 8 nitrogen and oxygen atoms in total. The van der Waals surface area contributed by atoms with E-state index in [1.807, 2.05) is 25.5 Å². The number of hydrogen-bond donors (Lipinski definition) is 1. The van der Waals surface area contributed by atoms with Crippen LogP contribution in [0.1, 0.15) is 43.2 Å². The van der Waals surface area contributed by atoms with Crippen molar-refractivity contribution in [3.05, 3.63) is 42.7 Å². The molecular weight excluding hydrogens is 364 g/mol. The van der Waals surface area contributed by atoms with Crippen LogP contribution in [-0.2, 0) is 26.2 Å². The van der Waals surface area contributed by atoms with Gasteiger partial charge in [0.05, 0.1) is 17.2 Å². The highest BCUT2D eigenvalue weighted by atomic mass is 32.1. The van der Waals surface area contributed by atoms with Gasteiger partial charge in [-0.05, 0) is 27.3 Å². The first-order chi connectivity index (χ1) is 12.9. The second-order valence-corrected chi connectivity index (χ2v) is 7.80. The lowest BCUT2D eigenvalue weighted by Gasteiger charge is -2.15. The minimum Gasteiger partial charge on any atom is -0.321 e. The summed E-state index contributed by atoms with van der Waals surface area (Å²) in [6.07, 6.45) is 1.82. The summed E-state index contributed by atoms with van der Waals surface area (Å²) >= 11 is 1.64. The van der Waals surface area contributed by atoms with Crippen LogP contribution in [0.25, 0.3) is 11.2 Å². The van der Waals surface area contributed by atoms with E-state index in [4.69, 9.17) is 4.98 Å². The number of aromatic amines is 1. The molecule has 0 bridgehead atoms. The Kier molecular flexibility index (Phi) is 5.91. The number of thiazole rings is 1. The lowest BCUT2D eigenvalue weighted by atomic mass is 10.3. The fraction of sp³-hybridized carbons (Fsp3) is 0.556. The van der Waals surface area contributed by atoms with Crippen molar-refractivity contribution >= 4 is 22.5 Å². The van der Waals surface area contributed by atoms with Gasteiger partial charge in [0.25, 0.3) is 5.56 Å². The van der Waals surface area contributed by atoms with Crippen LogP contribution in [0, 0.1) is 6.92 Å². The van der Waals surface area contributed by atoms with Crippen molar-refractivity contribution in [3.63, 3.8) is 0 Å². The lowest BCUT2D eigenvalue weighted by Crippen LogP contribution is -2.31. The topological polar surface area (TPSA) is 88.8 Å². The minimum absolute atomic E-state index is 0.374. The molecule has 0 unspecified atom stereocenters. The largest absolute Gasteiger partial charge is 0.330 e. The summed E-state index contributed by atoms with van der Waals surface area (Å²) in [7, 11) is 2.00. The van der Waals surface area contributed by atoms with Crippen molar-refractivity contribution < 1.29 is 0 Å². The van der Waals surface area contributed by atoms with Gasteiger partial charge in [-0.1, -0.05) is 13.3 Å². The van der Waals surface area contributed by atoms with Gasteiger partial charge in [0, 0.05) is 25.0 Å². The van der Waals surface area contributed by atoms with Crippen molar-refractivity contribution in [2.45, 2.75) is 59.8 Å². The third-order valence-corrected chi connectivity index (χ3v) is 5.35. The number of rotatable bonds is 8. The molecule has 0 saturated carbocycles. The Hall–Kier alpha value is -2.26. The van der Waals surface area contributed by atoms with Crippen molar-refractivity contribution in [1.29, 1.82) is 0 Å². The van der Waals surface area contributed by atoms with E-state index in [2.05, 4.69) is 27.2 Å². The maximum atomic E-state index is 12.4. The van der Waals surface area contributed by atoms with Gasteiger partial charge >= 0.3 is 5.69 Å². The van der Waals surface area contributed by atoms with Crippen molar-refractivity contribution in [2.24, 2.45) is 0 Å². The summed E-state index contributed by atoms with van der Waals surface area (Å²) in [5, 5.41) is 3.10. The maximum Gasteiger partial charge on any atom is 0.330 e. The number of nitrogens with one attached hydrogen (secondary N) is 1. The minimum atomic E-state index is -0.389. The number of aryl methyl sites for hydroxylation is 3. The average molecular weight is 391 g/mol. The predicted octanol–water partition coefficient (Wildman–Crippen LogP) is 2.10. The summed E-state index contributed by atoms with van der Waals surface area (Å²) in [6.45, 7) is 8.49. The van der Waals surface area contributed by atoms with Gasteiger partial charge in [-0.2, -0.15) is 0 Å². The van der Waals surface area contributed by atoms with E-state index in [1.54, 1.807) is 15.9 Å². The Labute approximate surface area is 161 Å². The zero-order valence-corrected chi connectivity index (χ0v) is 17.1. The number of H-pyrrole nitrogens is 1. The molecule has 0 aliphatic carbocycles. The second kappa shape index (κ2) is 8.18. The Balaban J connectivity index is 1.98. The molecule has 0 aliphatic rings. The first kappa shape index (κ1) is 19.5. The molecule has 3 rings (SSSR count). The number of hydrogen-bond acceptors (Lipinski definition) is 6. The molecule has 0 saturated heterocycles. The number of fused-ring (bicyclic) bond motifs is 1. The molecular formula is C18H26N6O2S. The van der Waals surface area contributed by atoms with E-state index in [1.165, 1.54) is 0 Å². The summed E-state index contributed by atoms with van der Waals surface area (Å²) < 4.78 is 3.48. The third kappa shape index (κ3) is 4.03. The van der Waals surface area contributed by atoms with Crippen LogP contribution in [0.3, 0.4) is 0 Å². The first-order valence-electron chi connectivity index (χ1n) is 9.26. The van der Waals surface area contributed by atoms with Gasteiger partial charge in [-0.3, -0.25) is 19.2 Å². The first-order valence-corrected chi connectivity index (χ1v) is 10.1. The van der Waals surface area contributed by atoms with Crippen LogP contribution in [-0.4, -0.2) is 36.0 Å². The smallest absolute Gasteiger partial charge is 0.321 e. The van der Waals surface area contributed by atoms with E-state index in [0.29, 0.717) is 37.3 Å². The Morgan fingerprint density at radius 3 is 2.59 bits per heavy atom. The molecule has 0 atom stereocenters. The van der Waals surface area contributed by atoms with Gasteiger partial charge in [0.15, 0.2) is 11.2 Å². The number of unbranched alkanes of at least 4 members (excludes halogenated alkanes) is 1. The molecule has 27 heavy (non-hydrogen) atoms. The van der Waals surface area contributed by atoms with E-state index < -0.39 is 0 Å². The molecule has 1 N–H and O–H groups in total. The molecule has 0 aromatic carbocycles. The molecule has 3 aromatic rings. The zero-order valence-electron chi connectivity index (χ0n) is 16.3. The van der Waals surface area contributed by atoms with Crippen LogP contribution in [0.2, 0.25) is 0 Å². The van der Waals surface area contributed by atoms with Crippen molar-refractivity contribution in [2.75, 3.05) is 7.05 Å². The lowest BCUT2D eigenvalue weighted by molar-refractivity contribution is 0.303.